The highest BCUT2D eigenvalue weighted by molar-refractivity contribution is 7.16. The van der Waals surface area contributed by atoms with Crippen LogP contribution >= 0.6 is 22.9 Å². The minimum atomic E-state index is -0.290. The summed E-state index contributed by atoms with van der Waals surface area (Å²) in [6.07, 6.45) is 2.14. The second kappa shape index (κ2) is 6.87. The number of thiophene rings is 1. The summed E-state index contributed by atoms with van der Waals surface area (Å²) < 4.78 is 0. The molecule has 3 nitrogen and oxygen atoms in total. The molecule has 0 aliphatic rings. The van der Waals surface area contributed by atoms with Crippen molar-refractivity contribution < 1.29 is 4.92 Å². The predicted molar refractivity (Wildman–Crippen MR) is 89.2 cm³/mol. The molecule has 21 heavy (non-hydrogen) atoms. The van der Waals surface area contributed by atoms with Crippen LogP contribution in [0.2, 0.25) is 5.02 Å². The van der Waals surface area contributed by atoms with Gasteiger partial charge >= 0.3 is 0 Å². The van der Waals surface area contributed by atoms with E-state index in [-0.39, 0.29) is 16.5 Å². The summed E-state index contributed by atoms with van der Waals surface area (Å²) in [6, 6.07) is 11.5. The van der Waals surface area contributed by atoms with Gasteiger partial charge in [0.1, 0.15) is 0 Å². The lowest BCUT2D eigenvalue weighted by Crippen LogP contribution is -2.01. The summed E-state index contributed by atoms with van der Waals surface area (Å²) in [5, 5.41) is 11.8. The average molecular weight is 322 g/mol. The minimum absolute atomic E-state index is 0.259. The molecule has 1 heterocycles. The SMILES string of the molecule is CC(C)CC(=Cc1ccc(-c2ccc(Cl)cc2)s1)[N+](=O)[O-]. The van der Waals surface area contributed by atoms with Gasteiger partial charge in [-0.15, -0.1) is 11.3 Å². The van der Waals surface area contributed by atoms with Crippen LogP contribution in [0.15, 0.2) is 42.1 Å². The third-order valence-corrected chi connectivity index (χ3v) is 4.25. The maximum absolute atomic E-state index is 11.1. The molecule has 0 atom stereocenters. The molecular weight excluding hydrogens is 306 g/mol. The van der Waals surface area contributed by atoms with Gasteiger partial charge in [-0.05, 0) is 35.7 Å². The van der Waals surface area contributed by atoms with Crippen molar-refractivity contribution in [3.8, 4) is 10.4 Å². The largest absolute Gasteiger partial charge is 0.259 e. The Morgan fingerprint density at radius 1 is 1.29 bits per heavy atom. The van der Waals surface area contributed by atoms with Gasteiger partial charge in [0.2, 0.25) is 5.70 Å². The van der Waals surface area contributed by atoms with Crippen LogP contribution in [0.25, 0.3) is 16.5 Å². The fourth-order valence-corrected chi connectivity index (χ4v) is 3.07. The van der Waals surface area contributed by atoms with Crippen molar-refractivity contribution in [3.05, 3.63) is 62.1 Å². The normalized spacial score (nSPS) is 11.9. The Kier molecular flexibility index (Phi) is 5.15. The lowest BCUT2D eigenvalue weighted by molar-refractivity contribution is -0.427. The Balaban J connectivity index is 2.26. The molecule has 2 aromatic rings. The van der Waals surface area contributed by atoms with Crippen LogP contribution in [-0.4, -0.2) is 4.92 Å². The molecule has 0 aliphatic heterocycles. The fourth-order valence-electron chi connectivity index (χ4n) is 1.97. The molecule has 0 saturated carbocycles. The predicted octanol–water partition coefficient (Wildman–Crippen LogP) is 5.73. The van der Waals surface area contributed by atoms with Crippen molar-refractivity contribution >= 4 is 29.0 Å². The highest BCUT2D eigenvalue weighted by Gasteiger charge is 2.14. The first-order valence-corrected chi connectivity index (χ1v) is 7.86. The second-order valence-electron chi connectivity index (χ2n) is 5.20. The lowest BCUT2D eigenvalue weighted by atomic mass is 10.1. The van der Waals surface area contributed by atoms with E-state index in [9.17, 15) is 10.1 Å². The van der Waals surface area contributed by atoms with Crippen LogP contribution in [0.5, 0.6) is 0 Å². The minimum Gasteiger partial charge on any atom is -0.259 e. The van der Waals surface area contributed by atoms with Crippen molar-refractivity contribution in [1.82, 2.24) is 0 Å². The molecule has 2 rings (SSSR count). The van der Waals surface area contributed by atoms with Gasteiger partial charge in [0.05, 0.1) is 4.92 Å². The molecule has 0 unspecified atom stereocenters. The monoisotopic (exact) mass is 321 g/mol. The van der Waals surface area contributed by atoms with Gasteiger partial charge in [-0.3, -0.25) is 10.1 Å². The fraction of sp³-hybridized carbons (Fsp3) is 0.250. The van der Waals surface area contributed by atoms with Gasteiger partial charge in [-0.25, -0.2) is 0 Å². The third-order valence-electron chi connectivity index (χ3n) is 2.92. The number of nitrogens with zero attached hydrogens (tertiary/aromatic N) is 1. The second-order valence-corrected chi connectivity index (χ2v) is 6.75. The first-order chi connectivity index (χ1) is 9.95. The van der Waals surface area contributed by atoms with Crippen molar-refractivity contribution in [2.45, 2.75) is 20.3 Å². The van der Waals surface area contributed by atoms with Gasteiger partial charge in [0.25, 0.3) is 0 Å². The number of hydrogen-bond donors (Lipinski definition) is 0. The number of hydrogen-bond acceptors (Lipinski definition) is 3. The van der Waals surface area contributed by atoms with Gasteiger partial charge < -0.3 is 0 Å². The summed E-state index contributed by atoms with van der Waals surface area (Å²) in [5.41, 5.74) is 1.32. The first kappa shape index (κ1) is 15.7. The quantitative estimate of drug-likeness (QED) is 0.521. The standard InChI is InChI=1S/C16H16ClNO2S/c1-11(2)9-14(18(19)20)10-15-7-8-16(21-15)12-3-5-13(17)6-4-12/h3-8,10-11H,9H2,1-2H3. The van der Waals surface area contributed by atoms with E-state index in [1.165, 1.54) is 0 Å². The smallest absolute Gasteiger partial charge is 0.247 e. The molecule has 0 N–H and O–H groups in total. The van der Waals surface area contributed by atoms with Gasteiger partial charge in [-0.1, -0.05) is 37.6 Å². The van der Waals surface area contributed by atoms with Crippen molar-refractivity contribution in [1.29, 1.82) is 0 Å². The molecule has 0 spiro atoms. The Morgan fingerprint density at radius 3 is 2.52 bits per heavy atom. The third kappa shape index (κ3) is 4.41. The van der Waals surface area contributed by atoms with Crippen LogP contribution in [0.4, 0.5) is 0 Å². The van der Waals surface area contributed by atoms with Crippen LogP contribution in [0.1, 0.15) is 25.1 Å². The van der Waals surface area contributed by atoms with E-state index in [4.69, 9.17) is 11.6 Å². The maximum atomic E-state index is 11.1. The number of allylic oxidation sites excluding steroid dienone is 1. The van der Waals surface area contributed by atoms with Gasteiger partial charge in [-0.2, -0.15) is 0 Å². The Labute approximate surface area is 133 Å². The van der Waals surface area contributed by atoms with Crippen LogP contribution in [0.3, 0.4) is 0 Å². The van der Waals surface area contributed by atoms with Gasteiger partial charge in [0, 0.05) is 27.3 Å². The zero-order chi connectivity index (χ0) is 15.4. The molecule has 1 aromatic heterocycles. The molecule has 5 heteroatoms. The molecule has 0 amide bonds. The molecule has 110 valence electrons. The van der Waals surface area contributed by atoms with E-state index in [0.717, 1.165) is 15.3 Å². The lowest BCUT2D eigenvalue weighted by Gasteiger charge is -2.01. The number of benzene rings is 1. The average Bonchev–Trinajstić information content (AvgIpc) is 2.87. The van der Waals surface area contributed by atoms with E-state index < -0.39 is 0 Å². The van der Waals surface area contributed by atoms with E-state index in [1.54, 1.807) is 17.4 Å². The molecular formula is C16H16ClNO2S. The zero-order valence-electron chi connectivity index (χ0n) is 11.9. The van der Waals surface area contributed by atoms with Crippen LogP contribution in [-0.2, 0) is 0 Å². The van der Waals surface area contributed by atoms with E-state index >= 15 is 0 Å². The summed E-state index contributed by atoms with van der Waals surface area (Å²) in [7, 11) is 0. The van der Waals surface area contributed by atoms with E-state index in [2.05, 4.69) is 0 Å². The van der Waals surface area contributed by atoms with Crippen LogP contribution < -0.4 is 0 Å². The molecule has 0 aliphatic carbocycles. The Bertz CT molecular complexity index is 659. The highest BCUT2D eigenvalue weighted by Crippen LogP contribution is 2.30. The first-order valence-electron chi connectivity index (χ1n) is 6.66. The van der Waals surface area contributed by atoms with E-state index in [0.29, 0.717) is 11.4 Å². The van der Waals surface area contributed by atoms with Crippen LogP contribution in [0, 0.1) is 16.0 Å². The summed E-state index contributed by atoms with van der Waals surface area (Å²) >= 11 is 7.42. The summed E-state index contributed by atoms with van der Waals surface area (Å²) in [4.78, 5) is 12.8. The molecule has 0 saturated heterocycles. The van der Waals surface area contributed by atoms with Crippen molar-refractivity contribution in [2.75, 3.05) is 0 Å². The topological polar surface area (TPSA) is 43.1 Å². The summed E-state index contributed by atoms with van der Waals surface area (Å²) in [5.74, 6) is 0.261. The van der Waals surface area contributed by atoms with E-state index in [1.807, 2.05) is 50.2 Å². The Hall–Kier alpha value is -1.65. The molecule has 0 radical (unpaired) electrons. The molecule has 0 fully saturated rings. The van der Waals surface area contributed by atoms with Crippen molar-refractivity contribution in [2.24, 2.45) is 5.92 Å². The number of nitro groups is 1. The molecule has 1 aromatic carbocycles. The zero-order valence-corrected chi connectivity index (χ0v) is 13.4. The Morgan fingerprint density at radius 2 is 1.95 bits per heavy atom. The van der Waals surface area contributed by atoms with Gasteiger partial charge in [0.15, 0.2) is 0 Å². The highest BCUT2D eigenvalue weighted by atomic mass is 35.5. The number of rotatable bonds is 5. The maximum Gasteiger partial charge on any atom is 0.247 e. The van der Waals surface area contributed by atoms with Crippen molar-refractivity contribution in [3.63, 3.8) is 0 Å². The summed E-state index contributed by atoms with van der Waals surface area (Å²) in [6.45, 7) is 3.95. The number of halogens is 1. The molecule has 0 bridgehead atoms.